The summed E-state index contributed by atoms with van der Waals surface area (Å²) in [6, 6.07) is 23.7. The van der Waals surface area contributed by atoms with Crippen LogP contribution in [0.25, 0.3) is 10.8 Å². The van der Waals surface area contributed by atoms with Crippen LogP contribution in [-0.4, -0.2) is 31.6 Å². The van der Waals surface area contributed by atoms with Crippen LogP contribution in [0.3, 0.4) is 0 Å². The van der Waals surface area contributed by atoms with E-state index >= 15 is 0 Å². The molecule has 3 aromatic rings. The summed E-state index contributed by atoms with van der Waals surface area (Å²) in [5.41, 5.74) is 1.90. The van der Waals surface area contributed by atoms with Crippen molar-refractivity contribution < 1.29 is 4.79 Å². The molecule has 0 spiro atoms. The molecular weight excluding hydrogens is 310 g/mol. The van der Waals surface area contributed by atoms with Crippen LogP contribution in [0.1, 0.15) is 11.6 Å². The number of rotatable bonds is 5. The van der Waals surface area contributed by atoms with Crippen LogP contribution < -0.4 is 10.6 Å². The van der Waals surface area contributed by atoms with Crippen LogP contribution in [0.2, 0.25) is 0 Å². The minimum atomic E-state index is -0.202. The Bertz CT molecular complexity index is 841. The first kappa shape index (κ1) is 17.0. The molecule has 0 radical (unpaired) electrons. The van der Waals surface area contributed by atoms with Gasteiger partial charge in [-0.1, -0.05) is 66.7 Å². The maximum atomic E-state index is 12.6. The number of amides is 2. The largest absolute Gasteiger partial charge is 0.330 e. The minimum Gasteiger partial charge on any atom is -0.330 e. The molecule has 0 unspecified atom stereocenters. The molecule has 0 heterocycles. The predicted octanol–water partition coefficient (Wildman–Crippen LogP) is 4.26. The molecule has 2 amide bonds. The molecule has 3 aromatic carbocycles. The highest BCUT2D eigenvalue weighted by molar-refractivity contribution is 6.01. The van der Waals surface area contributed by atoms with E-state index in [9.17, 15) is 4.79 Å². The van der Waals surface area contributed by atoms with Gasteiger partial charge >= 0.3 is 6.03 Å². The van der Waals surface area contributed by atoms with Gasteiger partial charge < -0.3 is 15.5 Å². The first-order valence-electron chi connectivity index (χ1n) is 8.38. The van der Waals surface area contributed by atoms with Crippen LogP contribution in [-0.2, 0) is 0 Å². The van der Waals surface area contributed by atoms with E-state index in [1.54, 1.807) is 0 Å². The molecule has 4 nitrogen and oxygen atoms in total. The quantitative estimate of drug-likeness (QED) is 0.732. The standard InChI is InChI=1S/C21H23N3O/c1-24(2)15-20(17-10-4-3-5-11-17)23-21(25)22-19-14-8-12-16-9-6-7-13-18(16)19/h3-14,20H,15H2,1-2H3,(H2,22,23,25)/t20-/m1/s1. The monoisotopic (exact) mass is 333 g/mol. The Morgan fingerprint density at radius 3 is 2.36 bits per heavy atom. The zero-order valence-electron chi connectivity index (χ0n) is 14.6. The molecule has 0 bridgehead atoms. The maximum absolute atomic E-state index is 12.6. The van der Waals surface area contributed by atoms with E-state index in [-0.39, 0.29) is 12.1 Å². The molecule has 0 aliphatic rings. The Balaban J connectivity index is 1.77. The Hall–Kier alpha value is -2.85. The SMILES string of the molecule is CN(C)C[C@@H](NC(=O)Nc1cccc2ccccc12)c1ccccc1. The summed E-state index contributed by atoms with van der Waals surface area (Å²) in [5.74, 6) is 0. The first-order valence-corrected chi connectivity index (χ1v) is 8.38. The van der Waals surface area contributed by atoms with Gasteiger partial charge in [0.1, 0.15) is 0 Å². The second kappa shape index (κ2) is 7.81. The van der Waals surface area contributed by atoms with Crippen molar-refractivity contribution in [2.75, 3.05) is 26.0 Å². The fourth-order valence-corrected chi connectivity index (χ4v) is 2.94. The van der Waals surface area contributed by atoms with Gasteiger partial charge in [0.25, 0.3) is 0 Å². The average molecular weight is 333 g/mol. The van der Waals surface area contributed by atoms with Crippen LogP contribution >= 0.6 is 0 Å². The highest BCUT2D eigenvalue weighted by Crippen LogP contribution is 2.23. The summed E-state index contributed by atoms with van der Waals surface area (Å²) >= 11 is 0. The van der Waals surface area contributed by atoms with Crippen molar-refractivity contribution in [3.63, 3.8) is 0 Å². The van der Waals surface area contributed by atoms with Crippen LogP contribution in [0.5, 0.6) is 0 Å². The Morgan fingerprint density at radius 2 is 1.60 bits per heavy atom. The number of carbonyl (C=O) groups is 1. The second-order valence-electron chi connectivity index (χ2n) is 6.35. The van der Waals surface area contributed by atoms with Crippen molar-refractivity contribution in [3.8, 4) is 0 Å². The third kappa shape index (κ3) is 4.37. The number of fused-ring (bicyclic) bond motifs is 1. The molecule has 128 valence electrons. The normalized spacial score (nSPS) is 12.1. The van der Waals surface area contributed by atoms with Crippen molar-refractivity contribution in [3.05, 3.63) is 78.4 Å². The molecule has 4 heteroatoms. The van der Waals surface area contributed by atoms with Gasteiger partial charge in [-0.05, 0) is 31.1 Å². The van der Waals surface area contributed by atoms with Crippen LogP contribution in [0.15, 0.2) is 72.8 Å². The van der Waals surface area contributed by atoms with Gasteiger partial charge in [-0.25, -0.2) is 4.79 Å². The van der Waals surface area contributed by atoms with Crippen molar-refractivity contribution in [2.45, 2.75) is 6.04 Å². The summed E-state index contributed by atoms with van der Waals surface area (Å²) in [6.45, 7) is 0.729. The lowest BCUT2D eigenvalue weighted by Crippen LogP contribution is -2.37. The Labute approximate surface area is 148 Å². The highest BCUT2D eigenvalue weighted by atomic mass is 16.2. The van der Waals surface area contributed by atoms with Crippen molar-refractivity contribution >= 4 is 22.5 Å². The van der Waals surface area contributed by atoms with Crippen LogP contribution in [0, 0.1) is 0 Å². The summed E-state index contributed by atoms with van der Waals surface area (Å²) in [6.07, 6.45) is 0. The molecule has 3 rings (SSSR count). The summed E-state index contributed by atoms with van der Waals surface area (Å²) < 4.78 is 0. The topological polar surface area (TPSA) is 44.4 Å². The zero-order chi connectivity index (χ0) is 17.6. The average Bonchev–Trinajstić information content (AvgIpc) is 2.62. The lowest BCUT2D eigenvalue weighted by molar-refractivity contribution is 0.244. The lowest BCUT2D eigenvalue weighted by Gasteiger charge is -2.23. The number of anilines is 1. The van der Waals surface area contributed by atoms with Crippen molar-refractivity contribution in [1.82, 2.24) is 10.2 Å². The lowest BCUT2D eigenvalue weighted by atomic mass is 10.1. The number of hydrogen-bond donors (Lipinski definition) is 2. The van der Waals surface area contributed by atoms with Crippen molar-refractivity contribution in [2.24, 2.45) is 0 Å². The van der Waals surface area contributed by atoms with Gasteiger partial charge in [0.15, 0.2) is 0 Å². The number of carbonyl (C=O) groups excluding carboxylic acids is 1. The van der Waals surface area contributed by atoms with E-state index in [2.05, 4.69) is 15.5 Å². The predicted molar refractivity (Wildman–Crippen MR) is 104 cm³/mol. The van der Waals surface area contributed by atoms with Gasteiger partial charge in [-0.15, -0.1) is 0 Å². The number of likely N-dealkylation sites (N-methyl/N-ethyl adjacent to an activating group) is 1. The third-order valence-corrected chi connectivity index (χ3v) is 4.09. The molecule has 0 saturated carbocycles. The summed E-state index contributed by atoms with van der Waals surface area (Å²) in [7, 11) is 4.00. The molecule has 0 aliphatic carbocycles. The summed E-state index contributed by atoms with van der Waals surface area (Å²) in [5, 5.41) is 8.21. The maximum Gasteiger partial charge on any atom is 0.319 e. The molecule has 2 N–H and O–H groups in total. The van der Waals surface area contributed by atoms with E-state index in [1.807, 2.05) is 86.9 Å². The Kier molecular flexibility index (Phi) is 5.31. The zero-order valence-corrected chi connectivity index (χ0v) is 14.6. The van der Waals surface area contributed by atoms with E-state index in [4.69, 9.17) is 0 Å². The van der Waals surface area contributed by atoms with Crippen LogP contribution in [0.4, 0.5) is 10.5 Å². The van der Waals surface area contributed by atoms with E-state index in [0.29, 0.717) is 0 Å². The number of nitrogens with zero attached hydrogens (tertiary/aromatic N) is 1. The van der Waals surface area contributed by atoms with Gasteiger partial charge in [0.05, 0.1) is 11.7 Å². The Morgan fingerprint density at radius 1 is 0.920 bits per heavy atom. The third-order valence-electron chi connectivity index (χ3n) is 4.09. The first-order chi connectivity index (χ1) is 12.1. The molecule has 0 aromatic heterocycles. The number of benzene rings is 3. The minimum absolute atomic E-state index is 0.0776. The van der Waals surface area contributed by atoms with E-state index in [1.165, 1.54) is 0 Å². The smallest absolute Gasteiger partial charge is 0.319 e. The molecule has 1 atom stereocenters. The van der Waals surface area contributed by atoms with E-state index < -0.39 is 0 Å². The number of hydrogen-bond acceptors (Lipinski definition) is 2. The van der Waals surface area contributed by atoms with Crippen molar-refractivity contribution in [1.29, 1.82) is 0 Å². The highest BCUT2D eigenvalue weighted by Gasteiger charge is 2.16. The molecule has 25 heavy (non-hydrogen) atoms. The number of urea groups is 1. The second-order valence-corrected chi connectivity index (χ2v) is 6.35. The van der Waals surface area contributed by atoms with E-state index in [0.717, 1.165) is 28.6 Å². The summed E-state index contributed by atoms with van der Waals surface area (Å²) in [4.78, 5) is 14.6. The molecular formula is C21H23N3O. The fourth-order valence-electron chi connectivity index (χ4n) is 2.94. The van der Waals surface area contributed by atoms with Gasteiger partial charge in [0, 0.05) is 11.9 Å². The van der Waals surface area contributed by atoms with Gasteiger partial charge in [0.2, 0.25) is 0 Å². The molecule has 0 aliphatic heterocycles. The fraction of sp³-hybridized carbons (Fsp3) is 0.190. The van der Waals surface area contributed by atoms with Gasteiger partial charge in [-0.2, -0.15) is 0 Å². The molecule has 0 saturated heterocycles. The van der Waals surface area contributed by atoms with Gasteiger partial charge in [-0.3, -0.25) is 0 Å². The number of nitrogens with one attached hydrogen (secondary N) is 2. The molecule has 0 fully saturated rings.